The number of hydrogen-bond donors (Lipinski definition) is 1. The Balaban J connectivity index is 1.97. The topological polar surface area (TPSA) is 77.9 Å². The molecule has 2 aliphatic rings. The van der Waals surface area contributed by atoms with Gasteiger partial charge in [0.15, 0.2) is 0 Å². The molecule has 0 spiro atoms. The quantitative estimate of drug-likeness (QED) is 0.851. The second kappa shape index (κ2) is 7.65. The van der Waals surface area contributed by atoms with Crippen LogP contribution >= 0.6 is 11.8 Å². The molecule has 1 aromatic rings. The summed E-state index contributed by atoms with van der Waals surface area (Å²) in [7, 11) is -3.65. The number of fused-ring (bicyclic) bond motifs is 1. The number of rotatable bonds is 4. The molecule has 1 amide bonds. The largest absolute Gasteiger partial charge is 0.396 e. The van der Waals surface area contributed by atoms with E-state index in [0.717, 1.165) is 24.2 Å². The Kier molecular flexibility index (Phi) is 5.72. The third kappa shape index (κ3) is 3.72. The molecular weight excluding hydrogens is 360 g/mol. The van der Waals surface area contributed by atoms with Gasteiger partial charge in [-0.1, -0.05) is 6.07 Å². The lowest BCUT2D eigenvalue weighted by Gasteiger charge is -2.35. The van der Waals surface area contributed by atoms with E-state index in [1.165, 1.54) is 11.2 Å². The third-order valence-electron chi connectivity index (χ3n) is 4.80. The molecule has 2 heterocycles. The molecule has 0 saturated carbocycles. The average Bonchev–Trinajstić information content (AvgIpc) is 2.61. The molecule has 1 unspecified atom stereocenters. The first-order valence-electron chi connectivity index (χ1n) is 8.56. The van der Waals surface area contributed by atoms with Gasteiger partial charge in [0, 0.05) is 49.9 Å². The fourth-order valence-corrected chi connectivity index (χ4v) is 6.51. The number of sulfonamides is 1. The number of hydrogen-bond acceptors (Lipinski definition) is 5. The van der Waals surface area contributed by atoms with Gasteiger partial charge in [0.25, 0.3) is 0 Å². The van der Waals surface area contributed by atoms with Gasteiger partial charge in [-0.15, -0.1) is 0 Å². The van der Waals surface area contributed by atoms with Crippen molar-refractivity contribution in [1.82, 2.24) is 4.31 Å². The van der Waals surface area contributed by atoms with Gasteiger partial charge >= 0.3 is 0 Å². The van der Waals surface area contributed by atoms with Crippen molar-refractivity contribution in [2.24, 2.45) is 0 Å². The monoisotopic (exact) mass is 384 g/mol. The molecular formula is C17H24N2O4S2. The first-order chi connectivity index (χ1) is 11.9. The van der Waals surface area contributed by atoms with Gasteiger partial charge < -0.3 is 10.0 Å². The molecule has 6 nitrogen and oxygen atoms in total. The van der Waals surface area contributed by atoms with Crippen LogP contribution in [0.1, 0.15) is 25.3 Å². The number of aliphatic hydroxyl groups excluding tert-OH is 1. The Morgan fingerprint density at radius 1 is 1.36 bits per heavy atom. The summed E-state index contributed by atoms with van der Waals surface area (Å²) in [5, 5.41) is 9.25. The number of aliphatic hydroxyl groups is 1. The van der Waals surface area contributed by atoms with Crippen LogP contribution in [0.3, 0.4) is 0 Å². The molecule has 3 rings (SSSR count). The second-order valence-electron chi connectivity index (χ2n) is 6.42. The maximum absolute atomic E-state index is 13.2. The number of aryl methyl sites for hydroxylation is 1. The predicted molar refractivity (Wildman–Crippen MR) is 99.5 cm³/mol. The van der Waals surface area contributed by atoms with Crippen LogP contribution < -0.4 is 4.90 Å². The highest BCUT2D eigenvalue weighted by atomic mass is 32.2. The molecule has 0 radical (unpaired) electrons. The predicted octanol–water partition coefficient (Wildman–Crippen LogP) is 1.47. The van der Waals surface area contributed by atoms with Crippen molar-refractivity contribution in [3.05, 3.63) is 23.8 Å². The van der Waals surface area contributed by atoms with Crippen LogP contribution in [-0.2, 0) is 21.2 Å². The zero-order valence-corrected chi connectivity index (χ0v) is 16.0. The number of carbonyl (C=O) groups excluding carboxylic acids is 1. The van der Waals surface area contributed by atoms with E-state index in [4.69, 9.17) is 0 Å². The Bertz CT molecular complexity index is 749. The van der Waals surface area contributed by atoms with E-state index in [1.54, 1.807) is 28.8 Å². The smallest absolute Gasteiger partial charge is 0.243 e. The number of carbonyl (C=O) groups is 1. The van der Waals surface area contributed by atoms with Crippen molar-refractivity contribution in [3.8, 4) is 0 Å². The van der Waals surface area contributed by atoms with Crippen LogP contribution in [0.2, 0.25) is 0 Å². The van der Waals surface area contributed by atoms with Gasteiger partial charge in [0.1, 0.15) is 0 Å². The van der Waals surface area contributed by atoms with Crippen LogP contribution in [0.15, 0.2) is 23.1 Å². The minimum atomic E-state index is -3.65. The van der Waals surface area contributed by atoms with Crippen LogP contribution in [0, 0.1) is 0 Å². The van der Waals surface area contributed by atoms with E-state index in [-0.39, 0.29) is 23.5 Å². The van der Waals surface area contributed by atoms with Crippen molar-refractivity contribution < 1.29 is 18.3 Å². The van der Waals surface area contributed by atoms with Crippen LogP contribution in [0.5, 0.6) is 0 Å². The molecule has 0 bridgehead atoms. The van der Waals surface area contributed by atoms with Gasteiger partial charge in [0.2, 0.25) is 15.9 Å². The zero-order chi connectivity index (χ0) is 18.0. The van der Waals surface area contributed by atoms with Gasteiger partial charge in [-0.2, -0.15) is 16.1 Å². The molecule has 25 heavy (non-hydrogen) atoms. The highest BCUT2D eigenvalue weighted by molar-refractivity contribution is 7.99. The first kappa shape index (κ1) is 18.7. The fraction of sp³-hybridized carbons (Fsp3) is 0.588. The maximum Gasteiger partial charge on any atom is 0.243 e. The average molecular weight is 385 g/mol. The van der Waals surface area contributed by atoms with Crippen molar-refractivity contribution >= 4 is 33.4 Å². The minimum absolute atomic E-state index is 0.0282. The van der Waals surface area contributed by atoms with Crippen LogP contribution in [-0.4, -0.2) is 61.0 Å². The summed E-state index contributed by atoms with van der Waals surface area (Å²) in [6.45, 7) is 2.56. The molecule has 1 N–H and O–H groups in total. The molecule has 2 aliphatic heterocycles. The summed E-state index contributed by atoms with van der Waals surface area (Å²) in [6, 6.07) is 4.93. The van der Waals surface area contributed by atoms with Gasteiger partial charge in [0.05, 0.1) is 4.90 Å². The van der Waals surface area contributed by atoms with E-state index in [0.29, 0.717) is 31.0 Å². The Morgan fingerprint density at radius 2 is 2.16 bits per heavy atom. The van der Waals surface area contributed by atoms with Gasteiger partial charge in [-0.05, 0) is 37.0 Å². The normalized spacial score (nSPS) is 21.8. The Labute approximate surface area is 153 Å². The van der Waals surface area contributed by atoms with Crippen molar-refractivity contribution in [2.45, 2.75) is 37.1 Å². The van der Waals surface area contributed by atoms with Crippen molar-refractivity contribution in [1.29, 1.82) is 0 Å². The summed E-state index contributed by atoms with van der Waals surface area (Å²) in [4.78, 5) is 13.8. The highest BCUT2D eigenvalue weighted by Crippen LogP contribution is 2.32. The summed E-state index contributed by atoms with van der Waals surface area (Å²) < 4.78 is 27.8. The fourth-order valence-electron chi connectivity index (χ4n) is 3.51. The molecule has 8 heteroatoms. The zero-order valence-electron chi connectivity index (χ0n) is 14.3. The molecule has 138 valence electrons. The van der Waals surface area contributed by atoms with Crippen LogP contribution in [0.25, 0.3) is 0 Å². The maximum atomic E-state index is 13.2. The number of amides is 1. The number of anilines is 1. The molecule has 1 atom stereocenters. The van der Waals surface area contributed by atoms with E-state index >= 15 is 0 Å². The van der Waals surface area contributed by atoms with E-state index in [2.05, 4.69) is 0 Å². The number of nitrogens with zero attached hydrogens (tertiary/aromatic N) is 2. The third-order valence-corrected chi connectivity index (χ3v) is 7.84. The van der Waals surface area contributed by atoms with Crippen molar-refractivity contribution in [3.63, 3.8) is 0 Å². The lowest BCUT2D eigenvalue weighted by Crippen LogP contribution is -2.46. The van der Waals surface area contributed by atoms with E-state index < -0.39 is 10.0 Å². The second-order valence-corrected chi connectivity index (χ2v) is 9.46. The first-order valence-corrected chi connectivity index (χ1v) is 11.2. The van der Waals surface area contributed by atoms with Gasteiger partial charge in [-0.25, -0.2) is 8.42 Å². The SMILES string of the molecule is CC(=O)N1CCCc2ccc(S(=O)(=O)N3CCSCC3CCO)cc21. The molecule has 0 aliphatic carbocycles. The number of thioether (sulfide) groups is 1. The summed E-state index contributed by atoms with van der Waals surface area (Å²) in [6.07, 6.45) is 2.18. The minimum Gasteiger partial charge on any atom is -0.396 e. The Morgan fingerprint density at radius 3 is 2.88 bits per heavy atom. The number of benzene rings is 1. The summed E-state index contributed by atoms with van der Waals surface area (Å²) in [5.41, 5.74) is 1.73. The molecule has 1 aromatic carbocycles. The lowest BCUT2D eigenvalue weighted by molar-refractivity contribution is -0.116. The van der Waals surface area contributed by atoms with Crippen molar-refractivity contribution in [2.75, 3.05) is 36.1 Å². The van der Waals surface area contributed by atoms with Crippen LogP contribution in [0.4, 0.5) is 5.69 Å². The summed E-state index contributed by atoms with van der Waals surface area (Å²) >= 11 is 1.72. The van der Waals surface area contributed by atoms with E-state index in [1.807, 2.05) is 6.07 Å². The highest BCUT2D eigenvalue weighted by Gasteiger charge is 2.34. The Hall–Kier alpha value is -1.09. The van der Waals surface area contributed by atoms with E-state index in [9.17, 15) is 18.3 Å². The molecule has 1 fully saturated rings. The standard InChI is InChI=1S/C17H24N2O4S2/c1-13(21)18-7-2-3-14-4-5-16(11-17(14)18)25(22,23)19-8-10-24-12-15(19)6-9-20/h4-5,11,15,20H,2-3,6-10,12H2,1H3. The molecule has 1 saturated heterocycles. The lowest BCUT2D eigenvalue weighted by atomic mass is 10.0. The van der Waals surface area contributed by atoms with Gasteiger partial charge in [-0.3, -0.25) is 4.79 Å². The molecule has 0 aromatic heterocycles. The summed E-state index contributed by atoms with van der Waals surface area (Å²) in [5.74, 6) is 1.39.